The van der Waals surface area contributed by atoms with Crippen molar-refractivity contribution < 1.29 is 18.8 Å². The summed E-state index contributed by atoms with van der Waals surface area (Å²) in [6.07, 6.45) is -0.222. The average molecular weight is 414 g/mol. The molecular weight excluding hydrogens is 395 g/mol. The Kier molecular flexibility index (Phi) is 5.88. The molecule has 1 heterocycles. The molecule has 3 amide bonds. The number of hydrogen-bond donors (Lipinski definition) is 2. The zero-order valence-electron chi connectivity index (χ0n) is 15.8. The molecule has 1 aliphatic heterocycles. The molecule has 1 unspecified atom stereocenters. The summed E-state index contributed by atoms with van der Waals surface area (Å²) in [7, 11) is 1.46. The molecule has 1 fully saturated rings. The highest BCUT2D eigenvalue weighted by atomic mass is 32.1. The molecule has 1 saturated heterocycles. The largest absolute Gasteiger partial charge is 0.326 e. The first-order chi connectivity index (χ1) is 13.8. The topological polar surface area (TPSA) is 81.8 Å². The molecule has 2 aromatic rings. The van der Waals surface area contributed by atoms with E-state index in [1.54, 1.807) is 18.2 Å². The maximum atomic E-state index is 13.4. The van der Waals surface area contributed by atoms with Gasteiger partial charge in [0.15, 0.2) is 5.11 Å². The van der Waals surface area contributed by atoms with Gasteiger partial charge in [0.05, 0.1) is 6.42 Å². The molecule has 0 saturated carbocycles. The Labute approximate surface area is 172 Å². The number of carbonyl (C=O) groups is 3. The van der Waals surface area contributed by atoms with Crippen LogP contribution >= 0.6 is 12.2 Å². The van der Waals surface area contributed by atoms with Crippen molar-refractivity contribution in [3.8, 4) is 0 Å². The first-order valence-electron chi connectivity index (χ1n) is 8.80. The van der Waals surface area contributed by atoms with E-state index in [9.17, 15) is 18.8 Å². The van der Waals surface area contributed by atoms with Gasteiger partial charge >= 0.3 is 0 Å². The van der Waals surface area contributed by atoms with Gasteiger partial charge in [-0.3, -0.25) is 24.7 Å². The molecule has 1 atom stereocenters. The van der Waals surface area contributed by atoms with Gasteiger partial charge in [-0.25, -0.2) is 9.40 Å². The van der Waals surface area contributed by atoms with Crippen molar-refractivity contribution in [3.05, 3.63) is 65.5 Å². The lowest BCUT2D eigenvalue weighted by molar-refractivity contribution is -0.130. The minimum absolute atomic E-state index is 0.0492. The molecule has 7 nitrogen and oxygen atoms in total. The predicted octanol–water partition coefficient (Wildman–Crippen LogP) is 2.24. The van der Waals surface area contributed by atoms with E-state index in [0.717, 1.165) is 11.6 Å². The number of anilines is 1. The highest BCUT2D eigenvalue weighted by Crippen LogP contribution is 2.19. The number of thiocarbonyl (C=S) groups is 1. The van der Waals surface area contributed by atoms with Crippen LogP contribution in [0.4, 0.5) is 10.1 Å². The molecular formula is C20H19FN4O3S. The zero-order chi connectivity index (χ0) is 21.1. The molecule has 29 heavy (non-hydrogen) atoms. The fourth-order valence-corrected chi connectivity index (χ4v) is 3.20. The van der Waals surface area contributed by atoms with Crippen LogP contribution in [0.1, 0.15) is 22.3 Å². The Morgan fingerprint density at radius 1 is 1.17 bits per heavy atom. The third kappa shape index (κ3) is 4.57. The molecule has 0 spiro atoms. The van der Waals surface area contributed by atoms with E-state index < -0.39 is 29.6 Å². The van der Waals surface area contributed by atoms with Crippen molar-refractivity contribution in [1.29, 1.82) is 0 Å². The van der Waals surface area contributed by atoms with E-state index in [0.29, 0.717) is 5.69 Å². The van der Waals surface area contributed by atoms with E-state index in [-0.39, 0.29) is 17.1 Å². The number of amides is 3. The van der Waals surface area contributed by atoms with Gasteiger partial charge in [0.2, 0.25) is 5.91 Å². The summed E-state index contributed by atoms with van der Waals surface area (Å²) in [6, 6.07) is 11.4. The SMILES string of the molecule is Cc1cccc(NC(=O)CC2C(=O)N(C)C(=S)N2NC(=O)c2cccc(F)c2)c1. The second kappa shape index (κ2) is 8.36. The minimum Gasteiger partial charge on any atom is -0.326 e. The number of nitrogens with one attached hydrogen (secondary N) is 2. The maximum Gasteiger partial charge on any atom is 0.269 e. The van der Waals surface area contributed by atoms with Gasteiger partial charge in [-0.1, -0.05) is 18.2 Å². The lowest BCUT2D eigenvalue weighted by atomic mass is 10.1. The van der Waals surface area contributed by atoms with Crippen molar-refractivity contribution >= 4 is 40.7 Å². The lowest BCUT2D eigenvalue weighted by Gasteiger charge is -2.24. The quantitative estimate of drug-likeness (QED) is 0.734. The minimum atomic E-state index is -1.00. The molecule has 0 aliphatic carbocycles. The van der Waals surface area contributed by atoms with Crippen LogP contribution in [0.5, 0.6) is 0 Å². The van der Waals surface area contributed by atoms with Crippen molar-refractivity contribution in [1.82, 2.24) is 15.3 Å². The van der Waals surface area contributed by atoms with E-state index in [2.05, 4.69) is 10.7 Å². The van der Waals surface area contributed by atoms with Crippen LogP contribution in [0.2, 0.25) is 0 Å². The molecule has 0 aromatic heterocycles. The fraction of sp³-hybridized carbons (Fsp3) is 0.200. The monoisotopic (exact) mass is 414 g/mol. The fourth-order valence-electron chi connectivity index (χ4n) is 2.94. The van der Waals surface area contributed by atoms with Crippen LogP contribution in [0, 0.1) is 12.7 Å². The number of likely N-dealkylation sites (N-methyl/N-ethyl adjacent to an activating group) is 1. The van der Waals surface area contributed by atoms with Gasteiger partial charge in [0, 0.05) is 18.3 Å². The second-order valence-electron chi connectivity index (χ2n) is 6.64. The normalized spacial score (nSPS) is 16.2. The highest BCUT2D eigenvalue weighted by molar-refractivity contribution is 7.80. The Bertz CT molecular complexity index is 997. The Balaban J connectivity index is 1.74. The van der Waals surface area contributed by atoms with Gasteiger partial charge in [-0.15, -0.1) is 0 Å². The second-order valence-corrected chi connectivity index (χ2v) is 7.00. The summed E-state index contributed by atoms with van der Waals surface area (Å²) >= 11 is 5.22. The highest BCUT2D eigenvalue weighted by Gasteiger charge is 2.42. The van der Waals surface area contributed by atoms with E-state index in [1.807, 2.05) is 13.0 Å². The number of hydrogen-bond acceptors (Lipinski definition) is 4. The van der Waals surface area contributed by atoms with Gasteiger partial charge in [0.1, 0.15) is 11.9 Å². The van der Waals surface area contributed by atoms with Crippen molar-refractivity contribution in [2.24, 2.45) is 0 Å². The first kappa shape index (κ1) is 20.4. The Morgan fingerprint density at radius 2 is 1.90 bits per heavy atom. The van der Waals surface area contributed by atoms with E-state index in [4.69, 9.17) is 12.2 Å². The summed E-state index contributed by atoms with van der Waals surface area (Å²) in [5.74, 6) is -2.03. The van der Waals surface area contributed by atoms with Crippen LogP contribution in [0.3, 0.4) is 0 Å². The number of hydrazine groups is 1. The van der Waals surface area contributed by atoms with Gasteiger partial charge in [0.25, 0.3) is 11.8 Å². The predicted molar refractivity (Wildman–Crippen MR) is 109 cm³/mol. The van der Waals surface area contributed by atoms with Crippen LogP contribution in [0.15, 0.2) is 48.5 Å². The number of aryl methyl sites for hydroxylation is 1. The average Bonchev–Trinajstić information content (AvgIpc) is 2.86. The van der Waals surface area contributed by atoms with E-state index >= 15 is 0 Å². The summed E-state index contributed by atoms with van der Waals surface area (Å²) < 4.78 is 13.4. The van der Waals surface area contributed by atoms with Crippen LogP contribution in [-0.4, -0.2) is 45.8 Å². The van der Waals surface area contributed by atoms with Crippen molar-refractivity contribution in [2.45, 2.75) is 19.4 Å². The Hall–Kier alpha value is -3.33. The number of carbonyl (C=O) groups excluding carboxylic acids is 3. The standard InChI is InChI=1S/C20H19FN4O3S/c1-12-5-3-8-15(9-12)22-17(26)11-16-19(28)24(2)20(29)25(16)23-18(27)13-6-4-7-14(21)10-13/h3-10,16H,11H2,1-2H3,(H,22,26)(H,23,27). The third-order valence-electron chi connectivity index (χ3n) is 4.41. The number of halogens is 1. The molecule has 0 bridgehead atoms. The van der Waals surface area contributed by atoms with Gasteiger partial charge < -0.3 is 5.32 Å². The summed E-state index contributed by atoms with van der Waals surface area (Å²) in [4.78, 5) is 38.7. The molecule has 2 N–H and O–H groups in total. The molecule has 0 radical (unpaired) electrons. The Morgan fingerprint density at radius 3 is 2.59 bits per heavy atom. The number of rotatable bonds is 5. The van der Waals surface area contributed by atoms with Crippen molar-refractivity contribution in [3.63, 3.8) is 0 Å². The lowest BCUT2D eigenvalue weighted by Crippen LogP contribution is -2.49. The third-order valence-corrected chi connectivity index (χ3v) is 4.88. The van der Waals surface area contributed by atoms with Gasteiger partial charge in [-0.2, -0.15) is 0 Å². The molecule has 1 aliphatic rings. The van der Waals surface area contributed by atoms with Crippen molar-refractivity contribution in [2.75, 3.05) is 12.4 Å². The molecule has 2 aromatic carbocycles. The van der Waals surface area contributed by atoms with Crippen LogP contribution < -0.4 is 10.7 Å². The van der Waals surface area contributed by atoms with Crippen LogP contribution in [-0.2, 0) is 9.59 Å². The van der Waals surface area contributed by atoms with Crippen LogP contribution in [0.25, 0.3) is 0 Å². The van der Waals surface area contributed by atoms with E-state index in [1.165, 1.54) is 35.2 Å². The maximum absolute atomic E-state index is 13.4. The first-order valence-corrected chi connectivity index (χ1v) is 9.21. The summed E-state index contributed by atoms with van der Waals surface area (Å²) in [6.45, 7) is 1.90. The van der Waals surface area contributed by atoms with Gasteiger partial charge in [-0.05, 0) is 55.0 Å². The summed E-state index contributed by atoms with van der Waals surface area (Å²) in [5, 5.41) is 3.95. The summed E-state index contributed by atoms with van der Waals surface area (Å²) in [5.41, 5.74) is 4.15. The number of benzene rings is 2. The molecule has 9 heteroatoms. The smallest absolute Gasteiger partial charge is 0.269 e. The molecule has 3 rings (SSSR count). The molecule has 150 valence electrons. The zero-order valence-corrected chi connectivity index (χ0v) is 16.6. The number of nitrogens with zero attached hydrogens (tertiary/aromatic N) is 2.